The summed E-state index contributed by atoms with van der Waals surface area (Å²) < 4.78 is 1.53. The lowest BCUT2D eigenvalue weighted by molar-refractivity contribution is -0.0585. The van der Waals surface area contributed by atoms with E-state index in [4.69, 9.17) is 4.84 Å². The van der Waals surface area contributed by atoms with E-state index in [1.54, 1.807) is 25.4 Å². The van der Waals surface area contributed by atoms with Gasteiger partial charge in [0.1, 0.15) is 5.56 Å². The average molecular weight is 311 g/mol. The molecule has 7 heteroatoms. The standard InChI is InChI=1S/C16H13N3O4/c1-18-8-12(13(17-18)9-6-7-9)16(22)23-19-14(20)10-4-2-3-5-11(10)15(19)21/h2-5,8-9H,6-7H2,1H3. The predicted octanol–water partition coefficient (Wildman–Crippen LogP) is 1.67. The van der Waals surface area contributed by atoms with E-state index in [9.17, 15) is 14.4 Å². The molecule has 116 valence electrons. The van der Waals surface area contributed by atoms with Gasteiger partial charge in [0.05, 0.1) is 16.8 Å². The van der Waals surface area contributed by atoms with Crippen molar-refractivity contribution in [2.24, 2.45) is 7.05 Å². The number of amides is 2. The van der Waals surface area contributed by atoms with Gasteiger partial charge < -0.3 is 4.84 Å². The van der Waals surface area contributed by atoms with E-state index < -0.39 is 17.8 Å². The molecule has 0 spiro atoms. The topological polar surface area (TPSA) is 81.5 Å². The maximum absolute atomic E-state index is 12.4. The van der Waals surface area contributed by atoms with E-state index in [1.807, 2.05) is 0 Å². The molecule has 0 unspecified atom stereocenters. The van der Waals surface area contributed by atoms with Crippen LogP contribution in [0, 0.1) is 0 Å². The molecular weight excluding hydrogens is 298 g/mol. The summed E-state index contributed by atoms with van der Waals surface area (Å²) in [7, 11) is 1.71. The van der Waals surface area contributed by atoms with E-state index in [0.717, 1.165) is 12.8 Å². The number of carbonyl (C=O) groups is 3. The molecule has 0 N–H and O–H groups in total. The van der Waals surface area contributed by atoms with Crippen LogP contribution in [0.25, 0.3) is 0 Å². The zero-order chi connectivity index (χ0) is 16.1. The van der Waals surface area contributed by atoms with Crippen LogP contribution in [0.2, 0.25) is 0 Å². The minimum absolute atomic E-state index is 0.235. The number of hydroxylamine groups is 2. The van der Waals surface area contributed by atoms with Gasteiger partial charge in [0, 0.05) is 19.2 Å². The molecule has 1 fully saturated rings. The molecule has 2 heterocycles. The molecule has 1 aromatic heterocycles. The number of fused-ring (bicyclic) bond motifs is 1. The lowest BCUT2D eigenvalue weighted by Crippen LogP contribution is -2.32. The smallest absolute Gasteiger partial charge is 0.324 e. The maximum Gasteiger partial charge on any atom is 0.367 e. The monoisotopic (exact) mass is 311 g/mol. The van der Waals surface area contributed by atoms with Crippen LogP contribution in [-0.4, -0.2) is 32.6 Å². The Hall–Kier alpha value is -2.96. The van der Waals surface area contributed by atoms with Crippen LogP contribution >= 0.6 is 0 Å². The number of benzene rings is 1. The van der Waals surface area contributed by atoms with Crippen molar-refractivity contribution in [3.63, 3.8) is 0 Å². The van der Waals surface area contributed by atoms with Gasteiger partial charge in [-0.25, -0.2) is 4.79 Å². The van der Waals surface area contributed by atoms with Gasteiger partial charge in [0.15, 0.2) is 0 Å². The van der Waals surface area contributed by atoms with Gasteiger partial charge in [-0.3, -0.25) is 14.3 Å². The van der Waals surface area contributed by atoms with Crippen LogP contribution in [0.15, 0.2) is 30.5 Å². The normalized spacial score (nSPS) is 16.7. The molecule has 23 heavy (non-hydrogen) atoms. The summed E-state index contributed by atoms with van der Waals surface area (Å²) in [5, 5.41) is 4.80. The number of carbonyl (C=O) groups excluding carboxylic acids is 3. The highest BCUT2D eigenvalue weighted by Gasteiger charge is 2.40. The number of rotatable bonds is 3. The van der Waals surface area contributed by atoms with Crippen LogP contribution in [0.1, 0.15) is 55.5 Å². The van der Waals surface area contributed by atoms with Crippen molar-refractivity contribution < 1.29 is 19.2 Å². The summed E-state index contributed by atoms with van der Waals surface area (Å²) in [4.78, 5) is 41.9. The zero-order valence-corrected chi connectivity index (χ0v) is 12.4. The largest absolute Gasteiger partial charge is 0.367 e. The van der Waals surface area contributed by atoms with Crippen LogP contribution in [-0.2, 0) is 11.9 Å². The number of imide groups is 1. The highest BCUT2D eigenvalue weighted by molar-refractivity contribution is 6.21. The van der Waals surface area contributed by atoms with Crippen molar-refractivity contribution in [1.29, 1.82) is 0 Å². The van der Waals surface area contributed by atoms with Gasteiger partial charge in [-0.2, -0.15) is 5.10 Å². The number of nitrogens with zero attached hydrogens (tertiary/aromatic N) is 3. The van der Waals surface area contributed by atoms with Crippen molar-refractivity contribution in [3.8, 4) is 0 Å². The molecule has 2 aliphatic rings. The molecule has 1 aromatic carbocycles. The summed E-state index contributed by atoms with van der Waals surface area (Å²) in [6.45, 7) is 0. The second-order valence-corrected chi connectivity index (χ2v) is 5.70. The molecule has 7 nitrogen and oxygen atoms in total. The summed E-state index contributed by atoms with van der Waals surface area (Å²) >= 11 is 0. The molecule has 1 aliphatic carbocycles. The number of aromatic nitrogens is 2. The third-order valence-corrected chi connectivity index (χ3v) is 3.97. The fourth-order valence-electron chi connectivity index (χ4n) is 2.70. The first kappa shape index (κ1) is 13.7. The molecular formula is C16H13N3O4. The van der Waals surface area contributed by atoms with E-state index in [0.29, 0.717) is 16.3 Å². The first-order chi connectivity index (χ1) is 11.1. The molecule has 0 saturated heterocycles. The van der Waals surface area contributed by atoms with Gasteiger partial charge in [-0.1, -0.05) is 17.2 Å². The summed E-state index contributed by atoms with van der Waals surface area (Å²) in [5.74, 6) is -1.75. The van der Waals surface area contributed by atoms with Gasteiger partial charge in [-0.15, -0.1) is 0 Å². The van der Waals surface area contributed by atoms with Crippen molar-refractivity contribution in [2.45, 2.75) is 18.8 Å². The van der Waals surface area contributed by atoms with Crippen LogP contribution < -0.4 is 0 Å². The lowest BCUT2D eigenvalue weighted by atomic mass is 10.1. The van der Waals surface area contributed by atoms with Crippen molar-refractivity contribution in [3.05, 3.63) is 52.8 Å². The van der Waals surface area contributed by atoms with Crippen molar-refractivity contribution in [2.75, 3.05) is 0 Å². The van der Waals surface area contributed by atoms with Gasteiger partial charge >= 0.3 is 5.97 Å². The molecule has 0 bridgehead atoms. The molecule has 2 aromatic rings. The molecule has 0 radical (unpaired) electrons. The fourth-order valence-corrected chi connectivity index (χ4v) is 2.70. The zero-order valence-electron chi connectivity index (χ0n) is 12.4. The Kier molecular flexibility index (Phi) is 2.84. The lowest BCUT2D eigenvalue weighted by Gasteiger charge is -2.12. The minimum Gasteiger partial charge on any atom is -0.324 e. The van der Waals surface area contributed by atoms with Crippen molar-refractivity contribution >= 4 is 17.8 Å². The quantitative estimate of drug-likeness (QED) is 0.805. The van der Waals surface area contributed by atoms with E-state index in [1.165, 1.54) is 16.8 Å². The van der Waals surface area contributed by atoms with E-state index in [2.05, 4.69) is 5.10 Å². The van der Waals surface area contributed by atoms with E-state index >= 15 is 0 Å². The Balaban J connectivity index is 1.61. The van der Waals surface area contributed by atoms with Crippen LogP contribution in [0.3, 0.4) is 0 Å². The fraction of sp³-hybridized carbons (Fsp3) is 0.250. The minimum atomic E-state index is -0.741. The molecule has 0 atom stereocenters. The Morgan fingerprint density at radius 2 is 1.78 bits per heavy atom. The van der Waals surface area contributed by atoms with Crippen molar-refractivity contribution in [1.82, 2.24) is 14.8 Å². The number of hydrogen-bond acceptors (Lipinski definition) is 5. The van der Waals surface area contributed by atoms with Gasteiger partial charge in [0.25, 0.3) is 11.8 Å². The Bertz CT molecular complexity index is 816. The number of hydrogen-bond donors (Lipinski definition) is 0. The molecule has 4 rings (SSSR count). The van der Waals surface area contributed by atoms with Crippen LogP contribution in [0.4, 0.5) is 0 Å². The Morgan fingerprint density at radius 3 is 2.35 bits per heavy atom. The molecule has 1 aliphatic heterocycles. The predicted molar refractivity (Wildman–Crippen MR) is 77.5 cm³/mol. The maximum atomic E-state index is 12.4. The highest BCUT2D eigenvalue weighted by Crippen LogP contribution is 2.41. The third kappa shape index (κ3) is 2.12. The second-order valence-electron chi connectivity index (χ2n) is 5.70. The second kappa shape index (κ2) is 4.77. The Labute approximate surface area is 131 Å². The van der Waals surface area contributed by atoms with Gasteiger partial charge in [0.2, 0.25) is 0 Å². The summed E-state index contributed by atoms with van der Waals surface area (Å²) in [6.07, 6.45) is 3.50. The Morgan fingerprint density at radius 1 is 1.17 bits per heavy atom. The third-order valence-electron chi connectivity index (χ3n) is 3.97. The SMILES string of the molecule is Cn1cc(C(=O)ON2C(=O)c3ccccc3C2=O)c(C2CC2)n1. The number of aryl methyl sites for hydroxylation is 1. The summed E-state index contributed by atoms with van der Waals surface area (Å²) in [5.41, 5.74) is 1.43. The summed E-state index contributed by atoms with van der Waals surface area (Å²) in [6, 6.07) is 6.37. The van der Waals surface area contributed by atoms with Gasteiger partial charge in [-0.05, 0) is 25.0 Å². The molecule has 1 saturated carbocycles. The molecule has 2 amide bonds. The van der Waals surface area contributed by atoms with E-state index in [-0.39, 0.29) is 17.0 Å². The first-order valence-electron chi connectivity index (χ1n) is 7.30. The first-order valence-corrected chi connectivity index (χ1v) is 7.30. The highest BCUT2D eigenvalue weighted by atomic mass is 16.7. The average Bonchev–Trinajstić information content (AvgIpc) is 3.28. The van der Waals surface area contributed by atoms with Crippen LogP contribution in [0.5, 0.6) is 0 Å².